The minimum absolute atomic E-state index is 0.197. The second kappa shape index (κ2) is 4.44. The van der Waals surface area contributed by atoms with E-state index in [2.05, 4.69) is 23.7 Å². The van der Waals surface area contributed by atoms with Gasteiger partial charge in [-0.15, -0.1) is 0 Å². The molecule has 1 fully saturated rings. The summed E-state index contributed by atoms with van der Waals surface area (Å²) in [6.07, 6.45) is -1.20. The maximum absolute atomic E-state index is 12.4. The van der Waals surface area contributed by atoms with Gasteiger partial charge < -0.3 is 4.90 Å². The summed E-state index contributed by atoms with van der Waals surface area (Å²) in [6.45, 7) is 6.04. The van der Waals surface area contributed by atoms with Crippen molar-refractivity contribution in [1.82, 2.24) is 4.98 Å². The Bertz CT molecular complexity index is 409. The third-order valence-corrected chi connectivity index (χ3v) is 3.30. The largest absolute Gasteiger partial charge is 0.417 e. The Morgan fingerprint density at radius 1 is 1.28 bits per heavy atom. The number of hydrogen-bond acceptors (Lipinski definition) is 2. The zero-order valence-electron chi connectivity index (χ0n) is 10.6. The van der Waals surface area contributed by atoms with E-state index < -0.39 is 11.7 Å². The predicted molar refractivity (Wildman–Crippen MR) is 64.5 cm³/mol. The highest BCUT2D eigenvalue weighted by Crippen LogP contribution is 2.32. The number of anilines is 1. The Kier molecular flexibility index (Phi) is 3.25. The summed E-state index contributed by atoms with van der Waals surface area (Å²) in [6, 6.07) is 2.56. The lowest BCUT2D eigenvalue weighted by atomic mass is 9.84. The van der Waals surface area contributed by atoms with Gasteiger partial charge in [0.15, 0.2) is 0 Å². The molecule has 0 spiro atoms. The quantitative estimate of drug-likeness (QED) is 0.763. The molecule has 2 rings (SSSR count). The molecular weight excluding hydrogens is 241 g/mol. The van der Waals surface area contributed by atoms with Gasteiger partial charge in [-0.3, -0.25) is 0 Å². The molecule has 0 radical (unpaired) electrons. The Labute approximate surface area is 105 Å². The van der Waals surface area contributed by atoms with E-state index in [4.69, 9.17) is 0 Å². The SMILES string of the molecule is CC1(C)CCCN(c2ccc(C(F)(F)F)cn2)C1. The summed E-state index contributed by atoms with van der Waals surface area (Å²) >= 11 is 0. The molecule has 0 bridgehead atoms. The smallest absolute Gasteiger partial charge is 0.356 e. The van der Waals surface area contributed by atoms with Crippen LogP contribution in [-0.4, -0.2) is 18.1 Å². The lowest BCUT2D eigenvalue weighted by Crippen LogP contribution is -2.40. The first-order valence-electron chi connectivity index (χ1n) is 6.06. The minimum atomic E-state index is -4.31. The van der Waals surface area contributed by atoms with Crippen LogP contribution in [0.2, 0.25) is 0 Å². The molecule has 0 unspecified atom stereocenters. The summed E-state index contributed by atoms with van der Waals surface area (Å²) in [4.78, 5) is 6.00. The fourth-order valence-electron chi connectivity index (χ4n) is 2.36. The number of rotatable bonds is 1. The molecule has 18 heavy (non-hydrogen) atoms. The molecule has 1 aromatic heterocycles. The van der Waals surface area contributed by atoms with Crippen LogP contribution in [0.3, 0.4) is 0 Å². The molecule has 1 aliphatic heterocycles. The lowest BCUT2D eigenvalue weighted by Gasteiger charge is -2.38. The molecule has 1 saturated heterocycles. The van der Waals surface area contributed by atoms with Crippen LogP contribution in [-0.2, 0) is 6.18 Å². The van der Waals surface area contributed by atoms with Gasteiger partial charge in [-0.1, -0.05) is 13.8 Å². The van der Waals surface area contributed by atoms with Gasteiger partial charge in [-0.25, -0.2) is 4.98 Å². The molecule has 0 atom stereocenters. The van der Waals surface area contributed by atoms with Crippen LogP contribution in [0.1, 0.15) is 32.3 Å². The average Bonchev–Trinajstić information content (AvgIpc) is 2.27. The molecular formula is C13H17F3N2. The molecule has 2 nitrogen and oxygen atoms in total. The number of halogens is 3. The highest BCUT2D eigenvalue weighted by molar-refractivity contribution is 5.40. The van der Waals surface area contributed by atoms with Crippen molar-refractivity contribution in [2.75, 3.05) is 18.0 Å². The van der Waals surface area contributed by atoms with Crippen LogP contribution >= 0.6 is 0 Å². The van der Waals surface area contributed by atoms with E-state index in [-0.39, 0.29) is 5.41 Å². The van der Waals surface area contributed by atoms with E-state index in [1.54, 1.807) is 0 Å². The first-order chi connectivity index (χ1) is 8.28. The predicted octanol–water partition coefficient (Wildman–Crippen LogP) is 3.73. The minimum Gasteiger partial charge on any atom is -0.356 e. The fourth-order valence-corrected chi connectivity index (χ4v) is 2.36. The van der Waals surface area contributed by atoms with Gasteiger partial charge in [0.2, 0.25) is 0 Å². The van der Waals surface area contributed by atoms with E-state index in [0.717, 1.165) is 38.2 Å². The zero-order chi connectivity index (χ0) is 13.4. The molecule has 0 amide bonds. The van der Waals surface area contributed by atoms with Crippen molar-refractivity contribution in [2.24, 2.45) is 5.41 Å². The van der Waals surface area contributed by atoms with Crippen molar-refractivity contribution in [3.63, 3.8) is 0 Å². The average molecular weight is 258 g/mol. The molecule has 0 aromatic carbocycles. The van der Waals surface area contributed by atoms with Gasteiger partial charge in [0.25, 0.3) is 0 Å². The second-order valence-corrected chi connectivity index (χ2v) is 5.59. The van der Waals surface area contributed by atoms with Gasteiger partial charge in [-0.2, -0.15) is 13.2 Å². The van der Waals surface area contributed by atoms with Crippen LogP contribution in [0, 0.1) is 5.41 Å². The Morgan fingerprint density at radius 2 is 2.00 bits per heavy atom. The van der Waals surface area contributed by atoms with Crippen LogP contribution in [0.4, 0.5) is 19.0 Å². The molecule has 1 aliphatic rings. The number of nitrogens with zero attached hydrogens (tertiary/aromatic N) is 2. The standard InChI is InChI=1S/C13H17F3N2/c1-12(2)6-3-7-18(9-12)11-5-4-10(8-17-11)13(14,15)16/h4-5,8H,3,6-7,9H2,1-2H3. The third kappa shape index (κ3) is 2.94. The van der Waals surface area contributed by atoms with Gasteiger partial charge in [-0.05, 0) is 30.4 Å². The maximum Gasteiger partial charge on any atom is 0.417 e. The highest BCUT2D eigenvalue weighted by atomic mass is 19.4. The van der Waals surface area contributed by atoms with Crippen LogP contribution in [0.5, 0.6) is 0 Å². The first-order valence-corrected chi connectivity index (χ1v) is 6.06. The summed E-state index contributed by atoms with van der Waals surface area (Å²) in [5.74, 6) is 0.635. The molecule has 0 N–H and O–H groups in total. The molecule has 0 saturated carbocycles. The van der Waals surface area contributed by atoms with Gasteiger partial charge >= 0.3 is 6.18 Å². The van der Waals surface area contributed by atoms with Crippen LogP contribution in [0.25, 0.3) is 0 Å². The van der Waals surface area contributed by atoms with E-state index in [0.29, 0.717) is 5.82 Å². The maximum atomic E-state index is 12.4. The topological polar surface area (TPSA) is 16.1 Å². The van der Waals surface area contributed by atoms with E-state index in [1.807, 2.05) is 0 Å². The molecule has 100 valence electrons. The summed E-state index contributed by atoms with van der Waals surface area (Å²) in [7, 11) is 0. The zero-order valence-corrected chi connectivity index (χ0v) is 10.6. The third-order valence-electron chi connectivity index (χ3n) is 3.30. The lowest BCUT2D eigenvalue weighted by molar-refractivity contribution is -0.137. The number of hydrogen-bond donors (Lipinski definition) is 0. The summed E-state index contributed by atoms with van der Waals surface area (Å²) in [5, 5.41) is 0. The van der Waals surface area contributed by atoms with Crippen molar-refractivity contribution in [3.05, 3.63) is 23.9 Å². The van der Waals surface area contributed by atoms with Crippen LogP contribution < -0.4 is 4.90 Å². The van der Waals surface area contributed by atoms with Crippen LogP contribution in [0.15, 0.2) is 18.3 Å². The van der Waals surface area contributed by atoms with Gasteiger partial charge in [0.05, 0.1) is 5.56 Å². The van der Waals surface area contributed by atoms with Crippen molar-refractivity contribution >= 4 is 5.82 Å². The van der Waals surface area contributed by atoms with Crippen molar-refractivity contribution in [1.29, 1.82) is 0 Å². The van der Waals surface area contributed by atoms with Crippen molar-refractivity contribution in [2.45, 2.75) is 32.9 Å². The summed E-state index contributed by atoms with van der Waals surface area (Å²) in [5.41, 5.74) is -0.495. The van der Waals surface area contributed by atoms with Gasteiger partial charge in [0, 0.05) is 19.3 Å². The molecule has 1 aromatic rings. The van der Waals surface area contributed by atoms with E-state index in [9.17, 15) is 13.2 Å². The van der Waals surface area contributed by atoms with Gasteiger partial charge in [0.1, 0.15) is 5.82 Å². The van der Waals surface area contributed by atoms with E-state index >= 15 is 0 Å². The number of pyridine rings is 1. The highest BCUT2D eigenvalue weighted by Gasteiger charge is 2.31. The van der Waals surface area contributed by atoms with Crippen molar-refractivity contribution < 1.29 is 13.2 Å². The Morgan fingerprint density at radius 3 is 2.50 bits per heavy atom. The monoisotopic (exact) mass is 258 g/mol. The number of aromatic nitrogens is 1. The Balaban J connectivity index is 2.15. The van der Waals surface area contributed by atoms with E-state index in [1.165, 1.54) is 6.07 Å². The molecule has 2 heterocycles. The Hall–Kier alpha value is -1.26. The molecule has 0 aliphatic carbocycles. The number of piperidine rings is 1. The first kappa shape index (κ1) is 13.2. The molecule has 5 heteroatoms. The second-order valence-electron chi connectivity index (χ2n) is 5.59. The fraction of sp³-hybridized carbons (Fsp3) is 0.615. The normalized spacial score (nSPS) is 19.9. The number of alkyl halides is 3. The van der Waals surface area contributed by atoms with Crippen molar-refractivity contribution in [3.8, 4) is 0 Å². The summed E-state index contributed by atoms with van der Waals surface area (Å²) < 4.78 is 37.3.